The Kier molecular flexibility index (Phi) is 9.45. The molecular weight excluding hydrogens is 357 g/mol. The van der Waals surface area contributed by atoms with Crippen molar-refractivity contribution in [3.8, 4) is 0 Å². The molecule has 0 saturated heterocycles. The molecule has 0 saturated carbocycles. The maximum Gasteiger partial charge on any atom is 0.227 e. The minimum atomic E-state index is -0.432. The van der Waals surface area contributed by atoms with Crippen LogP contribution in [0.25, 0.3) is 0 Å². The molecule has 144 valence electrons. The average Bonchev–Trinajstić information content (AvgIpc) is 2.95. The lowest BCUT2D eigenvalue weighted by Gasteiger charge is -2.38. The van der Waals surface area contributed by atoms with Crippen molar-refractivity contribution < 1.29 is 4.79 Å². The van der Waals surface area contributed by atoms with Gasteiger partial charge in [0.05, 0.1) is 5.41 Å². The van der Waals surface area contributed by atoms with Crippen LogP contribution >= 0.6 is 24.8 Å². The van der Waals surface area contributed by atoms with Crippen molar-refractivity contribution in [1.29, 1.82) is 0 Å². The van der Waals surface area contributed by atoms with Crippen LogP contribution in [0.3, 0.4) is 0 Å². The SMILES string of the molecule is CCC(CC)(CN)C(=O)NCC1(N(C)C)Cc2ccccc2C1.Cl.Cl. The quantitative estimate of drug-likeness (QED) is 0.753. The maximum absolute atomic E-state index is 12.7. The Balaban J connectivity index is 0.00000288. The van der Waals surface area contributed by atoms with E-state index in [1.807, 2.05) is 13.8 Å². The number of carbonyl (C=O) groups excluding carboxylic acids is 1. The van der Waals surface area contributed by atoms with Crippen molar-refractivity contribution in [2.45, 2.75) is 45.1 Å². The molecule has 0 bridgehead atoms. The second-order valence-electron chi connectivity index (χ2n) is 7.12. The number of amides is 1. The number of benzene rings is 1. The fourth-order valence-electron chi connectivity index (χ4n) is 3.66. The largest absolute Gasteiger partial charge is 0.354 e. The van der Waals surface area contributed by atoms with Crippen LogP contribution in [0.5, 0.6) is 0 Å². The Hall–Kier alpha value is -0.810. The van der Waals surface area contributed by atoms with Crippen LogP contribution in [-0.4, -0.2) is 43.5 Å². The maximum atomic E-state index is 12.7. The van der Waals surface area contributed by atoms with Gasteiger partial charge in [0.15, 0.2) is 0 Å². The number of hydrogen-bond acceptors (Lipinski definition) is 3. The highest BCUT2D eigenvalue weighted by Crippen LogP contribution is 2.33. The van der Waals surface area contributed by atoms with Crippen molar-refractivity contribution in [1.82, 2.24) is 10.2 Å². The number of nitrogens with one attached hydrogen (secondary N) is 1. The van der Waals surface area contributed by atoms with Gasteiger partial charge in [-0.15, -0.1) is 24.8 Å². The molecule has 4 nitrogen and oxygen atoms in total. The summed E-state index contributed by atoms with van der Waals surface area (Å²) in [4.78, 5) is 15.0. The summed E-state index contributed by atoms with van der Waals surface area (Å²) in [6, 6.07) is 8.59. The van der Waals surface area contributed by atoms with E-state index in [-0.39, 0.29) is 36.3 Å². The summed E-state index contributed by atoms with van der Waals surface area (Å²) in [6.45, 7) is 5.16. The highest BCUT2D eigenvalue weighted by Gasteiger charge is 2.41. The Morgan fingerprint density at radius 1 is 1.16 bits per heavy atom. The van der Waals surface area contributed by atoms with Gasteiger partial charge in [0.25, 0.3) is 0 Å². The second kappa shape index (κ2) is 9.77. The van der Waals surface area contributed by atoms with Gasteiger partial charge in [0.1, 0.15) is 0 Å². The van der Waals surface area contributed by atoms with Gasteiger partial charge < -0.3 is 16.0 Å². The Morgan fingerprint density at radius 2 is 1.64 bits per heavy atom. The number of fused-ring (bicyclic) bond motifs is 1. The molecule has 0 heterocycles. The predicted octanol–water partition coefficient (Wildman–Crippen LogP) is 2.81. The van der Waals surface area contributed by atoms with Gasteiger partial charge in [-0.1, -0.05) is 38.1 Å². The summed E-state index contributed by atoms with van der Waals surface area (Å²) in [6.07, 6.45) is 3.51. The predicted molar refractivity (Wildman–Crippen MR) is 110 cm³/mol. The van der Waals surface area contributed by atoms with Crippen molar-refractivity contribution in [2.24, 2.45) is 11.1 Å². The van der Waals surface area contributed by atoms with Crippen LogP contribution in [-0.2, 0) is 17.6 Å². The Bertz CT molecular complexity index is 526. The zero-order valence-electron chi connectivity index (χ0n) is 15.8. The Labute approximate surface area is 164 Å². The van der Waals surface area contributed by atoms with E-state index in [2.05, 4.69) is 48.6 Å². The van der Waals surface area contributed by atoms with Crippen molar-refractivity contribution in [3.63, 3.8) is 0 Å². The molecule has 0 unspecified atom stereocenters. The topological polar surface area (TPSA) is 58.4 Å². The monoisotopic (exact) mass is 389 g/mol. The lowest BCUT2D eigenvalue weighted by atomic mass is 9.81. The molecule has 0 atom stereocenters. The van der Waals surface area contributed by atoms with Crippen LogP contribution in [0.1, 0.15) is 37.8 Å². The average molecular weight is 390 g/mol. The molecule has 25 heavy (non-hydrogen) atoms. The molecule has 0 aliphatic heterocycles. The second-order valence-corrected chi connectivity index (χ2v) is 7.12. The minimum Gasteiger partial charge on any atom is -0.354 e. The molecule has 3 N–H and O–H groups in total. The molecule has 1 aliphatic rings. The molecule has 6 heteroatoms. The fraction of sp³-hybridized carbons (Fsp3) is 0.632. The summed E-state index contributed by atoms with van der Waals surface area (Å²) in [5, 5.41) is 3.21. The van der Waals surface area contributed by atoms with Gasteiger partial charge in [-0.2, -0.15) is 0 Å². The fourth-order valence-corrected chi connectivity index (χ4v) is 3.66. The van der Waals surface area contributed by atoms with Gasteiger partial charge in [-0.3, -0.25) is 4.79 Å². The van der Waals surface area contributed by atoms with E-state index < -0.39 is 5.41 Å². The lowest BCUT2D eigenvalue weighted by molar-refractivity contribution is -0.131. The number of halogens is 2. The zero-order chi connectivity index (χ0) is 17.1. The summed E-state index contributed by atoms with van der Waals surface area (Å²) in [5.41, 5.74) is 8.22. The van der Waals surface area contributed by atoms with Crippen LogP contribution < -0.4 is 11.1 Å². The Morgan fingerprint density at radius 3 is 2.00 bits per heavy atom. The molecule has 1 amide bonds. The normalized spacial score (nSPS) is 15.1. The molecule has 0 aromatic heterocycles. The van der Waals surface area contributed by atoms with Gasteiger partial charge in [-0.25, -0.2) is 0 Å². The van der Waals surface area contributed by atoms with Gasteiger partial charge in [0.2, 0.25) is 5.91 Å². The van der Waals surface area contributed by atoms with Gasteiger partial charge in [-0.05, 0) is 50.9 Å². The smallest absolute Gasteiger partial charge is 0.227 e. The molecule has 0 spiro atoms. The van der Waals surface area contributed by atoms with Crippen molar-refractivity contribution in [2.75, 3.05) is 27.2 Å². The molecular formula is C19H33Cl2N3O. The van der Waals surface area contributed by atoms with Crippen molar-refractivity contribution >= 4 is 30.7 Å². The van der Waals surface area contributed by atoms with Crippen LogP contribution in [0.4, 0.5) is 0 Å². The molecule has 0 fully saturated rings. The number of likely N-dealkylation sites (N-methyl/N-ethyl adjacent to an activating group) is 1. The number of hydrogen-bond donors (Lipinski definition) is 2. The van der Waals surface area contributed by atoms with Crippen LogP contribution in [0.15, 0.2) is 24.3 Å². The first-order valence-electron chi connectivity index (χ1n) is 8.65. The summed E-state index contributed by atoms with van der Waals surface area (Å²) < 4.78 is 0. The zero-order valence-corrected chi connectivity index (χ0v) is 17.4. The van der Waals surface area contributed by atoms with E-state index >= 15 is 0 Å². The lowest BCUT2D eigenvalue weighted by Crippen LogP contribution is -2.56. The molecule has 0 radical (unpaired) electrons. The summed E-state index contributed by atoms with van der Waals surface area (Å²) in [5.74, 6) is 0.0992. The van der Waals surface area contributed by atoms with E-state index in [9.17, 15) is 4.79 Å². The highest BCUT2D eigenvalue weighted by molar-refractivity contribution is 5.85. The van der Waals surface area contributed by atoms with Crippen molar-refractivity contribution in [3.05, 3.63) is 35.4 Å². The molecule has 1 aromatic rings. The first-order chi connectivity index (χ1) is 10.9. The third-order valence-electron chi connectivity index (χ3n) is 5.91. The highest BCUT2D eigenvalue weighted by atomic mass is 35.5. The third-order valence-corrected chi connectivity index (χ3v) is 5.91. The van der Waals surface area contributed by atoms with Crippen LogP contribution in [0, 0.1) is 5.41 Å². The number of nitrogens with zero attached hydrogens (tertiary/aromatic N) is 1. The molecule has 1 aliphatic carbocycles. The first kappa shape index (κ1) is 24.2. The van der Waals surface area contributed by atoms with Gasteiger partial charge in [0, 0.05) is 18.6 Å². The number of carbonyl (C=O) groups is 1. The summed E-state index contributed by atoms with van der Waals surface area (Å²) >= 11 is 0. The van der Waals surface area contributed by atoms with E-state index in [0.717, 1.165) is 25.7 Å². The first-order valence-corrected chi connectivity index (χ1v) is 8.65. The van der Waals surface area contributed by atoms with E-state index in [4.69, 9.17) is 5.73 Å². The van der Waals surface area contributed by atoms with E-state index in [1.165, 1.54) is 11.1 Å². The number of nitrogens with two attached hydrogens (primary N) is 1. The van der Waals surface area contributed by atoms with Crippen LogP contribution in [0.2, 0.25) is 0 Å². The van der Waals surface area contributed by atoms with E-state index in [1.54, 1.807) is 0 Å². The summed E-state index contributed by atoms with van der Waals surface area (Å²) in [7, 11) is 4.21. The molecule has 1 aromatic carbocycles. The molecule has 2 rings (SSSR count). The number of rotatable bonds is 7. The standard InChI is InChI=1S/C19H31N3O.2ClH/c1-5-18(6-2,13-20)17(23)21-14-19(22(3)4)11-15-9-7-8-10-16(15)12-19;;/h7-10H,5-6,11-14,20H2,1-4H3,(H,21,23);2*1H. The minimum absolute atomic E-state index is 0. The van der Waals surface area contributed by atoms with E-state index in [0.29, 0.717) is 13.1 Å². The third kappa shape index (κ3) is 4.68. The van der Waals surface area contributed by atoms with Gasteiger partial charge >= 0.3 is 0 Å².